The molecule has 2 aliphatic carbocycles. The monoisotopic (exact) mass is 652 g/mol. The van der Waals surface area contributed by atoms with Crippen molar-refractivity contribution in [2.45, 2.75) is 50.6 Å². The summed E-state index contributed by atoms with van der Waals surface area (Å²) in [5.41, 5.74) is 9.66. The van der Waals surface area contributed by atoms with Gasteiger partial charge in [0, 0.05) is 35.4 Å². The SMILES string of the molecule is CC[C@@H](CSSC[C@H](CC)NC(=O)OCC1c2ccccc2-c2ccccc21)NC(=O)OCC1c2ccccc2-c2ccccc21. The van der Waals surface area contributed by atoms with E-state index in [1.165, 1.54) is 44.5 Å². The molecule has 2 atom stereocenters. The Kier molecular flexibility index (Phi) is 10.6. The van der Waals surface area contributed by atoms with Crippen LogP contribution in [-0.2, 0) is 9.47 Å². The first-order chi connectivity index (χ1) is 22.6. The zero-order chi connectivity index (χ0) is 31.9. The van der Waals surface area contributed by atoms with Crippen LogP contribution in [0.3, 0.4) is 0 Å². The van der Waals surface area contributed by atoms with Gasteiger partial charge in [0.05, 0.1) is 0 Å². The van der Waals surface area contributed by atoms with Crippen LogP contribution in [0.1, 0.15) is 60.8 Å². The Labute approximate surface area is 279 Å². The molecule has 2 amide bonds. The van der Waals surface area contributed by atoms with Crippen molar-refractivity contribution in [1.29, 1.82) is 0 Å². The van der Waals surface area contributed by atoms with Gasteiger partial charge >= 0.3 is 12.2 Å². The largest absolute Gasteiger partial charge is 0.449 e. The lowest BCUT2D eigenvalue weighted by atomic mass is 9.98. The molecule has 46 heavy (non-hydrogen) atoms. The highest BCUT2D eigenvalue weighted by atomic mass is 33.1. The molecule has 2 N–H and O–H groups in total. The van der Waals surface area contributed by atoms with Gasteiger partial charge in [0.15, 0.2) is 0 Å². The van der Waals surface area contributed by atoms with Gasteiger partial charge in [-0.25, -0.2) is 9.59 Å². The van der Waals surface area contributed by atoms with Crippen LogP contribution < -0.4 is 10.6 Å². The van der Waals surface area contributed by atoms with Gasteiger partial charge in [-0.05, 0) is 57.3 Å². The van der Waals surface area contributed by atoms with Crippen molar-refractivity contribution in [3.8, 4) is 22.3 Å². The summed E-state index contributed by atoms with van der Waals surface area (Å²) in [7, 11) is 3.39. The smallest absolute Gasteiger partial charge is 0.407 e. The first kappa shape index (κ1) is 32.1. The number of hydrogen-bond acceptors (Lipinski definition) is 6. The van der Waals surface area contributed by atoms with E-state index >= 15 is 0 Å². The number of carbonyl (C=O) groups excluding carboxylic acids is 2. The van der Waals surface area contributed by atoms with Crippen molar-refractivity contribution in [2.75, 3.05) is 24.7 Å². The van der Waals surface area contributed by atoms with Crippen LogP contribution in [0.25, 0.3) is 22.3 Å². The van der Waals surface area contributed by atoms with Crippen molar-refractivity contribution in [3.63, 3.8) is 0 Å². The maximum atomic E-state index is 12.8. The van der Waals surface area contributed by atoms with Crippen LogP contribution in [0.2, 0.25) is 0 Å². The Balaban J connectivity index is 0.917. The fourth-order valence-electron chi connectivity index (χ4n) is 6.40. The van der Waals surface area contributed by atoms with E-state index < -0.39 is 0 Å². The van der Waals surface area contributed by atoms with E-state index in [1.807, 2.05) is 48.5 Å². The number of benzene rings is 4. The van der Waals surface area contributed by atoms with Gasteiger partial charge in [0.1, 0.15) is 13.2 Å². The second-order valence-corrected chi connectivity index (χ2v) is 14.3. The lowest BCUT2D eigenvalue weighted by molar-refractivity contribution is 0.139. The Hall–Kier alpha value is -3.88. The molecule has 2 aliphatic rings. The van der Waals surface area contributed by atoms with E-state index in [0.29, 0.717) is 13.2 Å². The maximum Gasteiger partial charge on any atom is 0.407 e. The molecule has 0 aromatic heterocycles. The fraction of sp³-hybridized carbons (Fsp3) is 0.316. The zero-order valence-corrected chi connectivity index (χ0v) is 27.9. The number of rotatable bonds is 13. The number of ether oxygens (including phenoxy) is 2. The molecule has 4 aromatic carbocycles. The average Bonchev–Trinajstić information content (AvgIpc) is 3.59. The molecule has 238 valence electrons. The maximum absolute atomic E-state index is 12.8. The van der Waals surface area contributed by atoms with Crippen molar-refractivity contribution >= 4 is 33.8 Å². The Morgan fingerprint density at radius 3 is 1.17 bits per heavy atom. The van der Waals surface area contributed by atoms with E-state index in [4.69, 9.17) is 9.47 Å². The predicted molar refractivity (Wildman–Crippen MR) is 189 cm³/mol. The van der Waals surface area contributed by atoms with Crippen molar-refractivity contribution < 1.29 is 19.1 Å². The van der Waals surface area contributed by atoms with Crippen molar-refractivity contribution in [3.05, 3.63) is 119 Å². The number of alkyl carbamates (subject to hydrolysis) is 2. The second kappa shape index (κ2) is 15.1. The molecular formula is C38H40N2O4S2. The molecule has 0 radical (unpaired) electrons. The number of hydrogen-bond donors (Lipinski definition) is 2. The van der Waals surface area contributed by atoms with E-state index in [2.05, 4.69) is 73.0 Å². The summed E-state index contributed by atoms with van der Waals surface area (Å²) in [5.74, 6) is 1.57. The van der Waals surface area contributed by atoms with Crippen LogP contribution in [-0.4, -0.2) is 49.0 Å². The van der Waals surface area contributed by atoms with E-state index in [9.17, 15) is 9.59 Å². The van der Waals surface area contributed by atoms with E-state index in [-0.39, 0.29) is 36.1 Å². The second-order valence-electron chi connectivity index (χ2n) is 11.7. The van der Waals surface area contributed by atoms with Gasteiger partial charge in [-0.3, -0.25) is 0 Å². The highest BCUT2D eigenvalue weighted by Gasteiger charge is 2.30. The summed E-state index contributed by atoms with van der Waals surface area (Å²) >= 11 is 0. The molecule has 0 fully saturated rings. The number of amides is 2. The molecule has 6 rings (SSSR count). The van der Waals surface area contributed by atoms with Crippen LogP contribution in [0.5, 0.6) is 0 Å². The van der Waals surface area contributed by atoms with Gasteiger partial charge < -0.3 is 20.1 Å². The van der Waals surface area contributed by atoms with Crippen molar-refractivity contribution in [2.24, 2.45) is 0 Å². The quantitative estimate of drug-likeness (QED) is 0.111. The number of fused-ring (bicyclic) bond motifs is 6. The fourth-order valence-corrected chi connectivity index (χ4v) is 9.12. The molecule has 0 unspecified atom stereocenters. The minimum Gasteiger partial charge on any atom is -0.449 e. The first-order valence-electron chi connectivity index (χ1n) is 16.0. The van der Waals surface area contributed by atoms with Crippen LogP contribution >= 0.6 is 21.6 Å². The van der Waals surface area contributed by atoms with Crippen molar-refractivity contribution in [1.82, 2.24) is 10.6 Å². The Morgan fingerprint density at radius 2 is 0.870 bits per heavy atom. The van der Waals surface area contributed by atoms with Gasteiger partial charge in [-0.2, -0.15) is 0 Å². The topological polar surface area (TPSA) is 76.7 Å². The third kappa shape index (κ3) is 7.08. The van der Waals surface area contributed by atoms with E-state index in [0.717, 1.165) is 24.3 Å². The molecule has 0 saturated carbocycles. The lowest BCUT2D eigenvalue weighted by Gasteiger charge is -2.20. The lowest BCUT2D eigenvalue weighted by Crippen LogP contribution is -2.37. The van der Waals surface area contributed by atoms with Gasteiger partial charge in [-0.15, -0.1) is 0 Å². The average molecular weight is 653 g/mol. The molecule has 0 heterocycles. The van der Waals surface area contributed by atoms with Crippen LogP contribution in [0.4, 0.5) is 9.59 Å². The third-order valence-corrected chi connectivity index (χ3v) is 11.5. The highest BCUT2D eigenvalue weighted by Crippen LogP contribution is 2.45. The van der Waals surface area contributed by atoms with Crippen LogP contribution in [0.15, 0.2) is 97.1 Å². The van der Waals surface area contributed by atoms with Crippen LogP contribution in [0, 0.1) is 0 Å². The normalized spacial score (nSPS) is 14.4. The first-order valence-corrected chi connectivity index (χ1v) is 18.5. The third-order valence-electron chi connectivity index (χ3n) is 8.94. The summed E-state index contributed by atoms with van der Waals surface area (Å²) < 4.78 is 11.5. The van der Waals surface area contributed by atoms with Gasteiger partial charge in [0.2, 0.25) is 0 Å². The summed E-state index contributed by atoms with van der Waals surface area (Å²) in [6.45, 7) is 4.73. The Morgan fingerprint density at radius 1 is 0.565 bits per heavy atom. The number of carbonyl (C=O) groups is 2. The molecule has 0 saturated heterocycles. The van der Waals surface area contributed by atoms with Gasteiger partial charge in [-0.1, -0.05) is 132 Å². The molecule has 8 heteroatoms. The molecule has 0 bridgehead atoms. The summed E-state index contributed by atoms with van der Waals surface area (Å²) in [6.07, 6.45) is 0.824. The van der Waals surface area contributed by atoms with E-state index in [1.54, 1.807) is 21.6 Å². The molecule has 0 spiro atoms. The zero-order valence-electron chi connectivity index (χ0n) is 26.2. The minimum absolute atomic E-state index is 0.0108. The summed E-state index contributed by atoms with van der Waals surface area (Å²) in [6, 6.07) is 33.3. The Bertz CT molecular complexity index is 1460. The molecular weight excluding hydrogens is 613 g/mol. The minimum atomic E-state index is -0.386. The summed E-state index contributed by atoms with van der Waals surface area (Å²) in [5, 5.41) is 6.09. The standard InChI is InChI=1S/C38H40N2O4S2/c1-3-25(39-37(41)43-21-35-31-17-9-5-13-27(31)28-14-6-10-18-32(28)35)23-45-46-24-26(4-2)40-38(42)44-22-36-33-19-11-7-15-29(33)30-16-8-12-20-34(30)36/h5-20,25-26,35-36H,3-4,21-24H2,1-2H3,(H,39,41)(H,40,42)/t25-,26-/m0/s1. The highest BCUT2D eigenvalue weighted by molar-refractivity contribution is 8.76. The summed E-state index contributed by atoms with van der Waals surface area (Å²) in [4.78, 5) is 25.6. The molecule has 4 aromatic rings. The predicted octanol–water partition coefficient (Wildman–Crippen LogP) is 9.00. The molecule has 6 nitrogen and oxygen atoms in total. The van der Waals surface area contributed by atoms with Gasteiger partial charge in [0.25, 0.3) is 0 Å². The number of nitrogens with one attached hydrogen (secondary N) is 2. The molecule has 0 aliphatic heterocycles.